The molecule has 3 rings (SSSR count). The molecular weight excluding hydrogens is 326 g/mol. The standard InChI is InChI=1S/C17H25N3O3S/c18-16(21)17(19-11-5-2-6-12-19)9-13-20(14-10-17)24(22,23)15-7-3-1-4-8-15/h1,3-4,7-8H,2,5-6,9-14H2,(H2,18,21)/p+1. The minimum Gasteiger partial charge on any atom is -0.364 e. The van der Waals surface area contributed by atoms with Crippen LogP contribution in [-0.4, -0.2) is 50.3 Å². The highest BCUT2D eigenvalue weighted by Crippen LogP contribution is 2.25. The van der Waals surface area contributed by atoms with Gasteiger partial charge in [-0.25, -0.2) is 8.42 Å². The first-order chi connectivity index (χ1) is 11.5. The summed E-state index contributed by atoms with van der Waals surface area (Å²) in [4.78, 5) is 13.8. The second kappa shape index (κ2) is 6.82. The number of hydrogen-bond acceptors (Lipinski definition) is 3. The number of carbonyl (C=O) groups is 1. The Balaban J connectivity index is 1.77. The third-order valence-electron chi connectivity index (χ3n) is 5.56. The number of sulfonamides is 1. The topological polar surface area (TPSA) is 84.9 Å². The molecule has 7 heteroatoms. The number of carbonyl (C=O) groups excluding carboxylic acids is 1. The molecule has 1 amide bonds. The maximum atomic E-state index is 12.7. The number of benzene rings is 1. The average molecular weight is 352 g/mol. The van der Waals surface area contributed by atoms with Crippen molar-refractivity contribution >= 4 is 15.9 Å². The maximum absolute atomic E-state index is 12.7. The van der Waals surface area contributed by atoms with Gasteiger partial charge >= 0.3 is 0 Å². The fraction of sp³-hybridized carbons (Fsp3) is 0.588. The zero-order chi connectivity index (χ0) is 17.2. The second-order valence-electron chi connectivity index (χ2n) is 6.83. The lowest BCUT2D eigenvalue weighted by molar-refractivity contribution is -0.948. The van der Waals surface area contributed by atoms with Crippen LogP contribution in [0.5, 0.6) is 0 Å². The van der Waals surface area contributed by atoms with Gasteiger partial charge in [-0.1, -0.05) is 18.2 Å². The third-order valence-corrected chi connectivity index (χ3v) is 7.48. The summed E-state index contributed by atoms with van der Waals surface area (Å²) in [5.41, 5.74) is 5.16. The Labute approximate surface area is 143 Å². The summed E-state index contributed by atoms with van der Waals surface area (Å²) < 4.78 is 27.0. The molecule has 0 atom stereocenters. The summed E-state index contributed by atoms with van der Waals surface area (Å²) in [5.74, 6) is -0.281. The van der Waals surface area contributed by atoms with Crippen LogP contribution in [0.1, 0.15) is 32.1 Å². The number of amides is 1. The Bertz CT molecular complexity index is 676. The SMILES string of the molecule is NC(=O)C1([NH+]2CCCCC2)CCN(S(=O)(=O)c2ccccc2)CC1. The van der Waals surface area contributed by atoms with E-state index in [1.165, 1.54) is 15.6 Å². The number of piperidine rings is 2. The van der Waals surface area contributed by atoms with Gasteiger partial charge in [0, 0.05) is 25.9 Å². The monoisotopic (exact) mass is 352 g/mol. The van der Waals surface area contributed by atoms with Crippen LogP contribution >= 0.6 is 0 Å². The van der Waals surface area contributed by atoms with Crippen LogP contribution in [-0.2, 0) is 14.8 Å². The molecule has 0 aliphatic carbocycles. The van der Waals surface area contributed by atoms with Crippen LogP contribution in [0, 0.1) is 0 Å². The van der Waals surface area contributed by atoms with Gasteiger partial charge in [-0.05, 0) is 31.4 Å². The first kappa shape index (κ1) is 17.4. The minimum atomic E-state index is -3.50. The van der Waals surface area contributed by atoms with Crippen molar-refractivity contribution in [1.29, 1.82) is 0 Å². The molecule has 3 N–H and O–H groups in total. The van der Waals surface area contributed by atoms with E-state index in [-0.39, 0.29) is 5.91 Å². The largest absolute Gasteiger partial charge is 0.364 e. The van der Waals surface area contributed by atoms with Gasteiger partial charge in [0.15, 0.2) is 5.54 Å². The molecule has 0 aromatic heterocycles. The first-order valence-corrected chi connectivity index (χ1v) is 10.1. The lowest BCUT2D eigenvalue weighted by Gasteiger charge is -2.44. The molecule has 0 spiro atoms. The highest BCUT2D eigenvalue weighted by atomic mass is 32.2. The van der Waals surface area contributed by atoms with Crippen molar-refractivity contribution in [3.05, 3.63) is 30.3 Å². The molecule has 24 heavy (non-hydrogen) atoms. The molecule has 132 valence electrons. The molecule has 0 unspecified atom stereocenters. The van der Waals surface area contributed by atoms with Crippen molar-refractivity contribution < 1.29 is 18.1 Å². The Morgan fingerprint density at radius 3 is 2.17 bits per heavy atom. The fourth-order valence-electron chi connectivity index (χ4n) is 4.08. The van der Waals surface area contributed by atoms with Crippen molar-refractivity contribution in [2.24, 2.45) is 5.73 Å². The quantitative estimate of drug-likeness (QED) is 0.785. The van der Waals surface area contributed by atoms with Crippen LogP contribution in [0.15, 0.2) is 35.2 Å². The summed E-state index contributed by atoms with van der Waals surface area (Å²) >= 11 is 0. The smallest absolute Gasteiger partial charge is 0.278 e. The van der Waals surface area contributed by atoms with Gasteiger partial charge in [-0.15, -0.1) is 0 Å². The van der Waals surface area contributed by atoms with E-state index < -0.39 is 15.6 Å². The summed E-state index contributed by atoms with van der Waals surface area (Å²) in [6, 6.07) is 8.47. The van der Waals surface area contributed by atoms with Crippen LogP contribution in [0.2, 0.25) is 0 Å². The Morgan fingerprint density at radius 1 is 1.04 bits per heavy atom. The van der Waals surface area contributed by atoms with Gasteiger partial charge in [-0.2, -0.15) is 4.31 Å². The van der Waals surface area contributed by atoms with E-state index in [2.05, 4.69) is 0 Å². The molecule has 1 aromatic rings. The number of hydrogen-bond donors (Lipinski definition) is 2. The summed E-state index contributed by atoms with van der Waals surface area (Å²) in [6.07, 6.45) is 4.42. The summed E-state index contributed by atoms with van der Waals surface area (Å²) in [7, 11) is -3.50. The summed E-state index contributed by atoms with van der Waals surface area (Å²) in [6.45, 7) is 2.61. The van der Waals surface area contributed by atoms with Crippen LogP contribution in [0.25, 0.3) is 0 Å². The number of nitrogens with zero attached hydrogens (tertiary/aromatic N) is 1. The molecule has 2 aliphatic heterocycles. The number of rotatable bonds is 4. The van der Waals surface area contributed by atoms with Crippen molar-refractivity contribution in [2.75, 3.05) is 26.2 Å². The highest BCUT2D eigenvalue weighted by molar-refractivity contribution is 7.89. The predicted molar refractivity (Wildman–Crippen MR) is 90.9 cm³/mol. The molecule has 2 heterocycles. The van der Waals surface area contributed by atoms with Crippen molar-refractivity contribution in [1.82, 2.24) is 4.31 Å². The van der Waals surface area contributed by atoms with Gasteiger partial charge in [0.2, 0.25) is 10.0 Å². The first-order valence-electron chi connectivity index (χ1n) is 8.67. The number of primary amides is 1. The van der Waals surface area contributed by atoms with E-state index in [1.54, 1.807) is 30.3 Å². The third kappa shape index (κ3) is 3.08. The average Bonchev–Trinajstić information content (AvgIpc) is 2.63. The van der Waals surface area contributed by atoms with E-state index >= 15 is 0 Å². The minimum absolute atomic E-state index is 0.281. The molecule has 2 saturated heterocycles. The highest BCUT2D eigenvalue weighted by Gasteiger charge is 2.50. The Morgan fingerprint density at radius 2 is 1.62 bits per heavy atom. The number of nitrogens with two attached hydrogens (primary N) is 1. The van der Waals surface area contributed by atoms with E-state index in [4.69, 9.17) is 5.73 Å². The van der Waals surface area contributed by atoms with Crippen LogP contribution in [0.3, 0.4) is 0 Å². The molecular formula is C17H26N3O3S+. The van der Waals surface area contributed by atoms with Crippen LogP contribution < -0.4 is 10.6 Å². The normalized spacial score (nSPS) is 23.0. The molecule has 2 fully saturated rings. The molecule has 0 bridgehead atoms. The maximum Gasteiger partial charge on any atom is 0.278 e. The van der Waals surface area contributed by atoms with Crippen molar-refractivity contribution in [2.45, 2.75) is 42.5 Å². The Hall–Kier alpha value is -1.44. The lowest BCUT2D eigenvalue weighted by atomic mass is 9.84. The predicted octanol–water partition coefficient (Wildman–Crippen LogP) is -0.236. The van der Waals surface area contributed by atoms with E-state index in [9.17, 15) is 13.2 Å². The molecule has 2 aliphatic rings. The van der Waals surface area contributed by atoms with Gasteiger partial charge in [0.1, 0.15) is 0 Å². The van der Waals surface area contributed by atoms with Gasteiger partial charge in [0.25, 0.3) is 5.91 Å². The Kier molecular flexibility index (Phi) is 4.94. The zero-order valence-corrected chi connectivity index (χ0v) is 14.7. The van der Waals surface area contributed by atoms with Crippen LogP contribution in [0.4, 0.5) is 0 Å². The molecule has 0 radical (unpaired) electrons. The molecule has 1 aromatic carbocycles. The fourth-order valence-corrected chi connectivity index (χ4v) is 5.54. The second-order valence-corrected chi connectivity index (χ2v) is 8.77. The van der Waals surface area contributed by atoms with Gasteiger partial charge in [0.05, 0.1) is 18.0 Å². The summed E-state index contributed by atoms with van der Waals surface area (Å²) in [5, 5.41) is 0. The van der Waals surface area contributed by atoms with E-state index in [1.807, 2.05) is 0 Å². The lowest BCUT2D eigenvalue weighted by Crippen LogP contribution is -3.22. The number of quaternary nitrogens is 1. The van der Waals surface area contributed by atoms with Crippen molar-refractivity contribution in [3.8, 4) is 0 Å². The zero-order valence-electron chi connectivity index (χ0n) is 13.9. The van der Waals surface area contributed by atoms with E-state index in [0.717, 1.165) is 25.9 Å². The van der Waals surface area contributed by atoms with Gasteiger partial charge < -0.3 is 10.6 Å². The molecule has 6 nitrogen and oxygen atoms in total. The van der Waals surface area contributed by atoms with E-state index in [0.29, 0.717) is 30.8 Å². The number of likely N-dealkylation sites (tertiary alicyclic amines) is 1. The molecule has 0 saturated carbocycles. The van der Waals surface area contributed by atoms with Gasteiger partial charge in [-0.3, -0.25) is 4.79 Å². The van der Waals surface area contributed by atoms with Crippen molar-refractivity contribution in [3.63, 3.8) is 0 Å². The number of nitrogens with one attached hydrogen (secondary N) is 1.